The lowest BCUT2D eigenvalue weighted by molar-refractivity contribution is 0.405. The lowest BCUT2D eigenvalue weighted by atomic mass is 10.3. The van der Waals surface area contributed by atoms with Crippen LogP contribution in [-0.2, 0) is 0 Å². The van der Waals surface area contributed by atoms with Gasteiger partial charge in [-0.3, -0.25) is 0 Å². The highest BCUT2D eigenvalue weighted by molar-refractivity contribution is 5.38. The molecule has 0 aromatic carbocycles. The minimum absolute atomic E-state index is 0.451. The van der Waals surface area contributed by atoms with E-state index in [4.69, 9.17) is 5.26 Å². The van der Waals surface area contributed by atoms with Crippen LogP contribution in [-0.4, -0.2) is 37.1 Å². The molecular weight excluding hydrogens is 188 g/mol. The average molecular weight is 204 g/mol. The molecule has 1 N–H and O–H groups in total. The Kier molecular flexibility index (Phi) is 4.58. The predicted octanol–water partition coefficient (Wildman–Crippen LogP) is 1.32. The molecule has 0 aliphatic rings. The quantitative estimate of drug-likeness (QED) is 0.735. The Morgan fingerprint density at radius 1 is 1.47 bits per heavy atom. The lowest BCUT2D eigenvalue weighted by Gasteiger charge is -2.10. The van der Waals surface area contributed by atoms with Crippen LogP contribution in [0.2, 0.25) is 0 Å². The van der Waals surface area contributed by atoms with Crippen molar-refractivity contribution < 1.29 is 0 Å². The summed E-state index contributed by atoms with van der Waals surface area (Å²) in [6.07, 6.45) is 1.06. The SMILES string of the molecule is CN(C)CCCNc1cccc(C#N)n1. The first-order valence-electron chi connectivity index (χ1n) is 4.98. The van der Waals surface area contributed by atoms with Gasteiger partial charge in [-0.25, -0.2) is 4.98 Å². The van der Waals surface area contributed by atoms with Crippen LogP contribution < -0.4 is 5.32 Å². The predicted molar refractivity (Wildman–Crippen MR) is 60.6 cm³/mol. The van der Waals surface area contributed by atoms with E-state index in [9.17, 15) is 0 Å². The normalized spacial score (nSPS) is 10.0. The molecule has 4 nitrogen and oxygen atoms in total. The van der Waals surface area contributed by atoms with E-state index in [1.807, 2.05) is 18.2 Å². The Balaban J connectivity index is 2.35. The van der Waals surface area contributed by atoms with Gasteiger partial charge in [0.2, 0.25) is 0 Å². The smallest absolute Gasteiger partial charge is 0.142 e. The maximum absolute atomic E-state index is 8.66. The standard InChI is InChI=1S/C11H16N4/c1-15(2)8-4-7-13-11-6-3-5-10(9-12)14-11/h3,5-6H,4,7-8H2,1-2H3,(H,13,14). The van der Waals surface area contributed by atoms with Crippen molar-refractivity contribution in [2.75, 3.05) is 32.5 Å². The van der Waals surface area contributed by atoms with E-state index in [-0.39, 0.29) is 0 Å². The summed E-state index contributed by atoms with van der Waals surface area (Å²) in [6, 6.07) is 7.42. The number of pyridine rings is 1. The van der Waals surface area contributed by atoms with Crippen LogP contribution >= 0.6 is 0 Å². The van der Waals surface area contributed by atoms with E-state index in [0.717, 1.165) is 25.3 Å². The summed E-state index contributed by atoms with van der Waals surface area (Å²) < 4.78 is 0. The summed E-state index contributed by atoms with van der Waals surface area (Å²) in [7, 11) is 4.10. The number of nitrogens with one attached hydrogen (secondary N) is 1. The third kappa shape index (κ3) is 4.43. The highest BCUT2D eigenvalue weighted by atomic mass is 15.1. The molecular formula is C11H16N4. The molecule has 0 unspecified atom stereocenters. The zero-order valence-electron chi connectivity index (χ0n) is 9.20. The topological polar surface area (TPSA) is 52.0 Å². The Labute approximate surface area is 90.5 Å². The van der Waals surface area contributed by atoms with Crippen molar-refractivity contribution in [3.8, 4) is 6.07 Å². The van der Waals surface area contributed by atoms with Crippen LogP contribution in [0.25, 0.3) is 0 Å². The summed E-state index contributed by atoms with van der Waals surface area (Å²) in [6.45, 7) is 1.92. The van der Waals surface area contributed by atoms with Crippen LogP contribution in [0.3, 0.4) is 0 Å². The number of nitrogens with zero attached hydrogens (tertiary/aromatic N) is 3. The summed E-state index contributed by atoms with van der Waals surface area (Å²) >= 11 is 0. The Bertz CT molecular complexity index is 341. The molecule has 0 bridgehead atoms. The van der Waals surface area contributed by atoms with Crippen molar-refractivity contribution in [2.45, 2.75) is 6.42 Å². The van der Waals surface area contributed by atoms with Gasteiger partial charge in [0.05, 0.1) is 0 Å². The fourth-order valence-electron chi connectivity index (χ4n) is 1.21. The van der Waals surface area contributed by atoms with Gasteiger partial charge < -0.3 is 10.2 Å². The van der Waals surface area contributed by atoms with Crippen molar-refractivity contribution in [1.82, 2.24) is 9.88 Å². The molecule has 0 saturated carbocycles. The van der Waals surface area contributed by atoms with E-state index in [0.29, 0.717) is 5.69 Å². The summed E-state index contributed by atoms with van der Waals surface area (Å²) in [4.78, 5) is 6.26. The van der Waals surface area contributed by atoms with E-state index in [2.05, 4.69) is 29.3 Å². The first-order chi connectivity index (χ1) is 7.22. The fourth-order valence-corrected chi connectivity index (χ4v) is 1.21. The van der Waals surface area contributed by atoms with Crippen LogP contribution in [0.1, 0.15) is 12.1 Å². The van der Waals surface area contributed by atoms with Crippen LogP contribution in [0.5, 0.6) is 0 Å². The second-order valence-corrected chi connectivity index (χ2v) is 3.60. The maximum atomic E-state index is 8.66. The molecule has 0 spiro atoms. The third-order valence-electron chi connectivity index (χ3n) is 1.95. The van der Waals surface area contributed by atoms with Crippen molar-refractivity contribution >= 4 is 5.82 Å². The number of hydrogen-bond acceptors (Lipinski definition) is 4. The van der Waals surface area contributed by atoms with E-state index in [1.165, 1.54) is 0 Å². The second-order valence-electron chi connectivity index (χ2n) is 3.60. The highest BCUT2D eigenvalue weighted by Crippen LogP contribution is 2.03. The average Bonchev–Trinajstić information content (AvgIpc) is 2.24. The van der Waals surface area contributed by atoms with Gasteiger partial charge in [0.25, 0.3) is 0 Å². The van der Waals surface area contributed by atoms with Crippen LogP contribution in [0.15, 0.2) is 18.2 Å². The van der Waals surface area contributed by atoms with Gasteiger partial charge in [0, 0.05) is 6.54 Å². The number of aromatic nitrogens is 1. The zero-order valence-corrected chi connectivity index (χ0v) is 9.20. The number of rotatable bonds is 5. The van der Waals surface area contributed by atoms with Gasteiger partial charge in [-0.15, -0.1) is 0 Å². The highest BCUT2D eigenvalue weighted by Gasteiger charge is 1.96. The molecule has 0 fully saturated rings. The Morgan fingerprint density at radius 3 is 2.93 bits per heavy atom. The van der Waals surface area contributed by atoms with Crippen molar-refractivity contribution in [1.29, 1.82) is 5.26 Å². The number of hydrogen-bond donors (Lipinski definition) is 1. The molecule has 1 aromatic rings. The Morgan fingerprint density at radius 2 is 2.27 bits per heavy atom. The van der Waals surface area contributed by atoms with Crippen molar-refractivity contribution in [3.63, 3.8) is 0 Å². The number of nitriles is 1. The maximum Gasteiger partial charge on any atom is 0.142 e. The van der Waals surface area contributed by atoms with Gasteiger partial charge >= 0.3 is 0 Å². The van der Waals surface area contributed by atoms with Crippen LogP contribution in [0, 0.1) is 11.3 Å². The first-order valence-corrected chi connectivity index (χ1v) is 4.98. The summed E-state index contributed by atoms with van der Waals surface area (Å²) in [5.74, 6) is 0.771. The lowest BCUT2D eigenvalue weighted by Crippen LogP contribution is -2.16. The third-order valence-corrected chi connectivity index (χ3v) is 1.95. The molecule has 0 aliphatic carbocycles. The Hall–Kier alpha value is -1.60. The summed E-state index contributed by atoms with van der Waals surface area (Å²) in [5, 5.41) is 11.8. The zero-order chi connectivity index (χ0) is 11.1. The number of anilines is 1. The van der Waals surface area contributed by atoms with E-state index >= 15 is 0 Å². The van der Waals surface area contributed by atoms with Crippen molar-refractivity contribution in [3.05, 3.63) is 23.9 Å². The van der Waals surface area contributed by atoms with E-state index < -0.39 is 0 Å². The molecule has 1 aromatic heterocycles. The van der Waals surface area contributed by atoms with Gasteiger partial charge in [-0.1, -0.05) is 6.07 Å². The van der Waals surface area contributed by atoms with E-state index in [1.54, 1.807) is 6.07 Å². The monoisotopic (exact) mass is 204 g/mol. The minimum Gasteiger partial charge on any atom is -0.370 e. The molecule has 4 heteroatoms. The molecule has 0 aliphatic heterocycles. The van der Waals surface area contributed by atoms with Gasteiger partial charge in [0.1, 0.15) is 17.6 Å². The van der Waals surface area contributed by atoms with Gasteiger partial charge in [-0.05, 0) is 39.2 Å². The molecule has 0 atom stereocenters. The molecule has 0 amide bonds. The summed E-state index contributed by atoms with van der Waals surface area (Å²) in [5.41, 5.74) is 0.451. The second kappa shape index (κ2) is 5.99. The molecule has 80 valence electrons. The van der Waals surface area contributed by atoms with Crippen molar-refractivity contribution in [2.24, 2.45) is 0 Å². The molecule has 0 saturated heterocycles. The first kappa shape index (κ1) is 11.5. The largest absolute Gasteiger partial charge is 0.370 e. The van der Waals surface area contributed by atoms with Gasteiger partial charge in [0.15, 0.2) is 0 Å². The molecule has 15 heavy (non-hydrogen) atoms. The molecule has 1 rings (SSSR count). The molecule has 1 heterocycles. The molecule has 0 radical (unpaired) electrons. The fraction of sp³-hybridized carbons (Fsp3) is 0.455. The van der Waals surface area contributed by atoms with Gasteiger partial charge in [-0.2, -0.15) is 5.26 Å². The van der Waals surface area contributed by atoms with Crippen LogP contribution in [0.4, 0.5) is 5.82 Å². The minimum atomic E-state index is 0.451.